The summed E-state index contributed by atoms with van der Waals surface area (Å²) in [7, 11) is 0. The van der Waals surface area contributed by atoms with Crippen molar-refractivity contribution in [3.8, 4) is 23.3 Å². The zero-order valence-electron chi connectivity index (χ0n) is 27.3. The number of nitrogens with zero attached hydrogens (tertiary/aromatic N) is 5. The lowest BCUT2D eigenvalue weighted by molar-refractivity contribution is 0.0270. The zero-order valence-corrected chi connectivity index (χ0v) is 27.3. The molecule has 10 nitrogen and oxygen atoms in total. The van der Waals surface area contributed by atoms with E-state index in [9.17, 15) is 19.2 Å². The monoisotopic (exact) mass is 662 g/mol. The molecule has 1 amide bonds. The normalized spacial score (nSPS) is 13.1. The number of benzene rings is 2. The molecule has 0 radical (unpaired) electrons. The number of carbonyl (C=O) groups is 1. The highest BCUT2D eigenvalue weighted by Crippen LogP contribution is 2.37. The lowest BCUT2D eigenvalue weighted by atomic mass is 9.97. The molecular formula is C37H32F2N6O4. The second-order valence-corrected chi connectivity index (χ2v) is 12.4. The maximum atomic E-state index is 15.6. The largest absolute Gasteiger partial charge is 0.453 e. The average Bonchev–Trinajstić information content (AvgIpc) is 3.06. The van der Waals surface area contributed by atoms with E-state index in [0.717, 1.165) is 5.57 Å². The molecule has 0 saturated heterocycles. The molecule has 49 heavy (non-hydrogen) atoms. The molecule has 3 aromatic heterocycles. The Morgan fingerprint density at radius 2 is 1.76 bits per heavy atom. The number of hydrogen-bond acceptors (Lipinski definition) is 8. The predicted octanol–water partition coefficient (Wildman–Crippen LogP) is 7.80. The Morgan fingerprint density at radius 1 is 1.00 bits per heavy atom. The van der Waals surface area contributed by atoms with Crippen LogP contribution in [0, 0.1) is 29.9 Å². The van der Waals surface area contributed by atoms with E-state index in [1.807, 2.05) is 12.1 Å². The molecule has 2 aromatic carbocycles. The number of amides is 1. The van der Waals surface area contributed by atoms with Gasteiger partial charge >= 0.3 is 6.09 Å². The molecule has 0 fully saturated rings. The van der Waals surface area contributed by atoms with E-state index in [0.29, 0.717) is 41.0 Å². The van der Waals surface area contributed by atoms with Gasteiger partial charge in [0.25, 0.3) is 5.56 Å². The van der Waals surface area contributed by atoms with Crippen LogP contribution in [0.2, 0.25) is 0 Å². The first kappa shape index (κ1) is 32.8. The van der Waals surface area contributed by atoms with Crippen LogP contribution in [0.4, 0.5) is 25.1 Å². The number of carbonyl (C=O) groups excluding carboxylic acids is 1. The molecule has 4 heterocycles. The van der Waals surface area contributed by atoms with E-state index in [1.54, 1.807) is 57.0 Å². The number of nitrogens with one attached hydrogen (secondary N) is 1. The quantitative estimate of drug-likeness (QED) is 0.196. The molecule has 1 aliphatic heterocycles. The Hall–Kier alpha value is -6.09. The molecule has 0 atom stereocenters. The van der Waals surface area contributed by atoms with E-state index in [2.05, 4.69) is 21.4 Å². The maximum absolute atomic E-state index is 15.6. The van der Waals surface area contributed by atoms with Gasteiger partial charge in [-0.05, 0) is 99.7 Å². The summed E-state index contributed by atoms with van der Waals surface area (Å²) in [4.78, 5) is 36.4. The van der Waals surface area contributed by atoms with Crippen molar-refractivity contribution >= 4 is 33.9 Å². The smallest absolute Gasteiger partial charge is 0.410 e. The van der Waals surface area contributed by atoms with Crippen LogP contribution in [0.1, 0.15) is 44.1 Å². The summed E-state index contributed by atoms with van der Waals surface area (Å²) in [5, 5.41) is 13.8. The maximum Gasteiger partial charge on any atom is 0.410 e. The van der Waals surface area contributed by atoms with E-state index < -0.39 is 23.3 Å². The fraction of sp³-hybridized carbons (Fsp3) is 0.216. The van der Waals surface area contributed by atoms with Crippen LogP contribution in [-0.4, -0.2) is 44.2 Å². The summed E-state index contributed by atoms with van der Waals surface area (Å²) in [5.41, 5.74) is 1.71. The number of nitriles is 1. The number of ether oxygens (including phenoxy) is 2. The number of rotatable bonds is 6. The van der Waals surface area contributed by atoms with Crippen LogP contribution in [0.25, 0.3) is 22.0 Å². The average molecular weight is 663 g/mol. The van der Waals surface area contributed by atoms with Gasteiger partial charge in [0.1, 0.15) is 29.1 Å². The van der Waals surface area contributed by atoms with Crippen LogP contribution in [0.3, 0.4) is 0 Å². The minimum Gasteiger partial charge on any atom is -0.453 e. The number of aromatic nitrogens is 3. The highest BCUT2D eigenvalue weighted by atomic mass is 19.1. The van der Waals surface area contributed by atoms with Crippen molar-refractivity contribution in [3.63, 3.8) is 0 Å². The number of fused-ring (bicyclic) bond motifs is 1. The molecule has 0 aliphatic carbocycles. The van der Waals surface area contributed by atoms with E-state index in [-0.39, 0.29) is 40.5 Å². The summed E-state index contributed by atoms with van der Waals surface area (Å²) < 4.78 is 42.1. The standard InChI is InChI=1S/C37H32F2N6O4/c1-22-19-24-11-15-42-34(33(24)35(46)45(22)27-8-5-25(38)6-9-27)43-26-7-10-30(28(39)20-26)48-31-12-16-41-29(21-40)32(31)23-13-17-44(18-14-23)36(47)49-37(2,3)4/h5-13,15-16,19-20H,14,17-18H2,1-4H3,(H,42,43). The molecule has 0 saturated carbocycles. The fourth-order valence-electron chi connectivity index (χ4n) is 5.62. The predicted molar refractivity (Wildman–Crippen MR) is 181 cm³/mol. The van der Waals surface area contributed by atoms with Gasteiger partial charge in [0.15, 0.2) is 17.3 Å². The van der Waals surface area contributed by atoms with Crippen molar-refractivity contribution in [2.45, 2.75) is 39.7 Å². The summed E-state index contributed by atoms with van der Waals surface area (Å²) in [6, 6.07) is 17.0. The molecule has 6 rings (SSSR count). The molecule has 1 N–H and O–H groups in total. The van der Waals surface area contributed by atoms with Gasteiger partial charge in [0, 0.05) is 48.6 Å². The van der Waals surface area contributed by atoms with E-state index >= 15 is 4.39 Å². The highest BCUT2D eigenvalue weighted by Gasteiger charge is 2.26. The second-order valence-electron chi connectivity index (χ2n) is 12.4. The molecule has 5 aromatic rings. The minimum absolute atomic E-state index is 0.103. The third-order valence-corrected chi connectivity index (χ3v) is 7.82. The Bertz CT molecular complexity index is 2220. The fourth-order valence-corrected chi connectivity index (χ4v) is 5.62. The number of halogens is 2. The number of aryl methyl sites for hydroxylation is 1. The summed E-state index contributed by atoms with van der Waals surface area (Å²) in [5.74, 6) is -0.785. The molecular weight excluding hydrogens is 630 g/mol. The Morgan fingerprint density at radius 3 is 2.43 bits per heavy atom. The van der Waals surface area contributed by atoms with Gasteiger partial charge in [-0.1, -0.05) is 6.08 Å². The Kier molecular flexibility index (Phi) is 8.84. The van der Waals surface area contributed by atoms with Gasteiger partial charge in [-0.3, -0.25) is 9.36 Å². The lowest BCUT2D eigenvalue weighted by Gasteiger charge is -2.30. The van der Waals surface area contributed by atoms with Crippen molar-refractivity contribution < 1.29 is 23.0 Å². The van der Waals surface area contributed by atoms with Crippen molar-refractivity contribution in [2.75, 3.05) is 18.4 Å². The topological polar surface area (TPSA) is 122 Å². The van der Waals surface area contributed by atoms with Crippen LogP contribution >= 0.6 is 0 Å². The number of anilines is 2. The third kappa shape index (κ3) is 6.96. The van der Waals surface area contributed by atoms with Gasteiger partial charge < -0.3 is 19.7 Å². The Labute approximate surface area is 280 Å². The van der Waals surface area contributed by atoms with Crippen molar-refractivity contribution in [1.29, 1.82) is 5.26 Å². The van der Waals surface area contributed by atoms with Crippen molar-refractivity contribution in [1.82, 2.24) is 19.4 Å². The van der Waals surface area contributed by atoms with E-state index in [1.165, 1.54) is 47.2 Å². The van der Waals surface area contributed by atoms with Gasteiger partial charge in [-0.15, -0.1) is 0 Å². The van der Waals surface area contributed by atoms with Crippen molar-refractivity contribution in [3.05, 3.63) is 118 Å². The van der Waals surface area contributed by atoms with Gasteiger partial charge in [0.05, 0.1) is 10.9 Å². The van der Waals surface area contributed by atoms with Crippen LogP contribution < -0.4 is 15.6 Å². The SMILES string of the molecule is Cc1cc2ccnc(Nc3ccc(Oc4ccnc(C#N)c4C4=CCN(C(=O)OC(C)(C)C)CC4)c(F)c3)c2c(=O)n1-c1ccc(F)cc1. The molecule has 12 heteroatoms. The lowest BCUT2D eigenvalue weighted by Crippen LogP contribution is -2.39. The third-order valence-electron chi connectivity index (χ3n) is 7.82. The second kappa shape index (κ2) is 13.2. The first-order valence-corrected chi connectivity index (χ1v) is 15.5. The zero-order chi connectivity index (χ0) is 34.9. The highest BCUT2D eigenvalue weighted by molar-refractivity contribution is 5.93. The van der Waals surface area contributed by atoms with Crippen LogP contribution in [-0.2, 0) is 4.74 Å². The van der Waals surface area contributed by atoms with Crippen molar-refractivity contribution in [2.24, 2.45) is 0 Å². The first-order valence-electron chi connectivity index (χ1n) is 15.5. The van der Waals surface area contributed by atoms with Crippen LogP contribution in [0.15, 0.2) is 83.9 Å². The van der Waals surface area contributed by atoms with Crippen LogP contribution in [0.5, 0.6) is 11.5 Å². The van der Waals surface area contributed by atoms with Gasteiger partial charge in [0.2, 0.25) is 0 Å². The minimum atomic E-state index is -0.709. The first-order chi connectivity index (χ1) is 23.4. The summed E-state index contributed by atoms with van der Waals surface area (Å²) in [6.45, 7) is 7.78. The Balaban J connectivity index is 1.27. The summed E-state index contributed by atoms with van der Waals surface area (Å²) >= 11 is 0. The molecule has 1 aliphatic rings. The molecule has 0 unspecified atom stereocenters. The number of pyridine rings is 3. The van der Waals surface area contributed by atoms with Gasteiger partial charge in [-0.2, -0.15) is 5.26 Å². The molecule has 0 bridgehead atoms. The molecule has 248 valence electrons. The van der Waals surface area contributed by atoms with Gasteiger partial charge in [-0.25, -0.2) is 23.5 Å². The van der Waals surface area contributed by atoms with E-state index in [4.69, 9.17) is 9.47 Å². The molecule has 0 spiro atoms. The summed E-state index contributed by atoms with van der Waals surface area (Å²) in [6.07, 6.45) is 4.73. The number of hydrogen-bond donors (Lipinski definition) is 1.